The highest BCUT2D eigenvalue weighted by Crippen LogP contribution is 2.18. The third-order valence-electron chi connectivity index (χ3n) is 4.85. The zero-order valence-corrected chi connectivity index (χ0v) is 16.4. The minimum atomic E-state index is -0.923. The zero-order valence-electron chi connectivity index (χ0n) is 16.4. The van der Waals surface area contributed by atoms with E-state index in [9.17, 15) is 20.0 Å². The molecule has 8 heteroatoms. The third-order valence-corrected chi connectivity index (χ3v) is 4.85. The first-order chi connectivity index (χ1) is 13.8. The number of aliphatic hydroxyl groups excluding tert-OH is 1. The fourth-order valence-corrected chi connectivity index (χ4v) is 2.93. The van der Waals surface area contributed by atoms with Gasteiger partial charge in [-0.1, -0.05) is 6.07 Å². The average Bonchev–Trinajstić information content (AvgIpc) is 2.98. The van der Waals surface area contributed by atoms with E-state index in [0.717, 1.165) is 16.8 Å². The molecule has 2 N–H and O–H groups in total. The SMILES string of the molecule is Cc1ccc(-n2[nH]c(C)c(C=NCC(O)c3ccc([N+](=O)[O-])cc3)c2=O)cc1C. The maximum atomic E-state index is 12.7. The van der Waals surface area contributed by atoms with Crippen molar-refractivity contribution in [1.29, 1.82) is 0 Å². The van der Waals surface area contributed by atoms with Crippen molar-refractivity contribution < 1.29 is 10.0 Å². The summed E-state index contributed by atoms with van der Waals surface area (Å²) in [5.74, 6) is 0. The molecule has 0 bridgehead atoms. The molecule has 1 atom stereocenters. The Morgan fingerprint density at radius 2 is 1.86 bits per heavy atom. The van der Waals surface area contributed by atoms with Crippen LogP contribution >= 0.6 is 0 Å². The lowest BCUT2D eigenvalue weighted by molar-refractivity contribution is -0.384. The van der Waals surface area contributed by atoms with Crippen molar-refractivity contribution in [3.05, 3.63) is 90.9 Å². The van der Waals surface area contributed by atoms with Crippen LogP contribution in [0.15, 0.2) is 52.3 Å². The van der Waals surface area contributed by atoms with Gasteiger partial charge in [0.15, 0.2) is 0 Å². The molecular weight excluding hydrogens is 372 g/mol. The maximum absolute atomic E-state index is 12.7. The van der Waals surface area contributed by atoms with Gasteiger partial charge >= 0.3 is 0 Å². The molecule has 1 aromatic heterocycles. The Kier molecular flexibility index (Phi) is 5.74. The highest BCUT2D eigenvalue weighted by molar-refractivity contribution is 5.80. The average molecular weight is 394 g/mol. The second kappa shape index (κ2) is 8.24. The molecule has 0 radical (unpaired) electrons. The van der Waals surface area contributed by atoms with E-state index < -0.39 is 11.0 Å². The Hall–Kier alpha value is -3.52. The van der Waals surface area contributed by atoms with E-state index in [1.807, 2.05) is 32.0 Å². The summed E-state index contributed by atoms with van der Waals surface area (Å²) < 4.78 is 1.47. The first kappa shape index (κ1) is 20.2. The summed E-state index contributed by atoms with van der Waals surface area (Å²) in [5, 5.41) is 24.0. The number of hydrogen-bond donors (Lipinski definition) is 2. The van der Waals surface area contributed by atoms with Gasteiger partial charge in [-0.2, -0.15) is 0 Å². The molecule has 0 aliphatic rings. The molecule has 0 fully saturated rings. The number of nitrogens with zero attached hydrogens (tertiary/aromatic N) is 3. The van der Waals surface area contributed by atoms with Crippen molar-refractivity contribution in [2.45, 2.75) is 26.9 Å². The van der Waals surface area contributed by atoms with Crippen molar-refractivity contribution in [1.82, 2.24) is 9.78 Å². The summed E-state index contributed by atoms with van der Waals surface area (Å²) in [6.45, 7) is 5.82. The van der Waals surface area contributed by atoms with E-state index in [2.05, 4.69) is 10.1 Å². The summed E-state index contributed by atoms with van der Waals surface area (Å²) in [6.07, 6.45) is 0.522. The summed E-state index contributed by atoms with van der Waals surface area (Å²) in [6, 6.07) is 11.4. The van der Waals surface area contributed by atoms with Crippen LogP contribution in [0.3, 0.4) is 0 Å². The number of hydrogen-bond acceptors (Lipinski definition) is 5. The molecular formula is C21H22N4O4. The van der Waals surface area contributed by atoms with E-state index in [1.54, 1.807) is 6.92 Å². The van der Waals surface area contributed by atoms with Crippen molar-refractivity contribution in [2.24, 2.45) is 4.99 Å². The summed E-state index contributed by atoms with van der Waals surface area (Å²) in [7, 11) is 0. The molecule has 0 amide bonds. The Morgan fingerprint density at radius 3 is 2.48 bits per heavy atom. The Balaban J connectivity index is 1.77. The van der Waals surface area contributed by atoms with Gasteiger partial charge in [-0.25, -0.2) is 4.68 Å². The van der Waals surface area contributed by atoms with Crippen LogP contribution in [0, 0.1) is 30.9 Å². The fraction of sp³-hybridized carbons (Fsp3) is 0.238. The summed E-state index contributed by atoms with van der Waals surface area (Å²) in [5.41, 5.74) is 4.31. The number of nitrogens with one attached hydrogen (secondary N) is 1. The molecule has 0 aliphatic heterocycles. The molecule has 8 nitrogen and oxygen atoms in total. The fourth-order valence-electron chi connectivity index (χ4n) is 2.93. The molecule has 0 aliphatic carbocycles. The van der Waals surface area contributed by atoms with Gasteiger partial charge in [-0.05, 0) is 61.7 Å². The van der Waals surface area contributed by atoms with Crippen LogP contribution in [-0.2, 0) is 0 Å². The lowest BCUT2D eigenvalue weighted by atomic mass is 10.1. The van der Waals surface area contributed by atoms with Crippen molar-refractivity contribution >= 4 is 11.9 Å². The summed E-state index contributed by atoms with van der Waals surface area (Å²) in [4.78, 5) is 27.1. The van der Waals surface area contributed by atoms with Gasteiger partial charge in [0.05, 0.1) is 28.8 Å². The Labute approximate surface area is 167 Å². The standard InChI is InChI=1S/C21H22N4O4/c1-13-4-7-18(10-14(13)2)24-21(27)19(15(3)23-24)11-22-12-20(26)16-5-8-17(9-6-16)25(28)29/h4-11,20,23,26H,12H2,1-3H3. The molecule has 0 spiro atoms. The minimum absolute atomic E-state index is 0.0332. The highest BCUT2D eigenvalue weighted by atomic mass is 16.6. The number of aromatic nitrogens is 2. The van der Waals surface area contributed by atoms with E-state index >= 15 is 0 Å². The van der Waals surface area contributed by atoms with Gasteiger partial charge in [-0.15, -0.1) is 0 Å². The van der Waals surface area contributed by atoms with Crippen LogP contribution in [0.5, 0.6) is 0 Å². The van der Waals surface area contributed by atoms with Gasteiger partial charge in [-0.3, -0.25) is 25.0 Å². The number of nitro groups is 1. The van der Waals surface area contributed by atoms with Crippen LogP contribution in [0.25, 0.3) is 5.69 Å². The molecule has 0 saturated carbocycles. The quantitative estimate of drug-likeness (QED) is 0.380. The molecule has 29 heavy (non-hydrogen) atoms. The molecule has 150 valence electrons. The van der Waals surface area contributed by atoms with Gasteiger partial charge in [0.25, 0.3) is 11.2 Å². The molecule has 3 rings (SSSR count). The maximum Gasteiger partial charge on any atom is 0.280 e. The van der Waals surface area contributed by atoms with Crippen molar-refractivity contribution in [3.63, 3.8) is 0 Å². The van der Waals surface area contributed by atoms with Gasteiger partial charge < -0.3 is 5.11 Å². The van der Waals surface area contributed by atoms with E-state index in [-0.39, 0.29) is 17.8 Å². The number of benzene rings is 2. The lowest BCUT2D eigenvalue weighted by Crippen LogP contribution is -2.17. The molecule has 2 aromatic carbocycles. The van der Waals surface area contributed by atoms with E-state index in [4.69, 9.17) is 0 Å². The number of aliphatic imine (C=N–C) groups is 1. The number of nitro benzene ring substituents is 1. The number of aryl methyl sites for hydroxylation is 3. The number of aromatic amines is 1. The number of H-pyrrole nitrogens is 1. The van der Waals surface area contributed by atoms with Gasteiger partial charge in [0.1, 0.15) is 0 Å². The number of non-ortho nitro benzene ring substituents is 1. The molecule has 1 heterocycles. The smallest absolute Gasteiger partial charge is 0.280 e. The normalized spacial score (nSPS) is 12.4. The lowest BCUT2D eigenvalue weighted by Gasteiger charge is -2.07. The predicted octanol–water partition coefficient (Wildman–Crippen LogP) is 3.15. The largest absolute Gasteiger partial charge is 0.386 e. The number of rotatable bonds is 6. The third kappa shape index (κ3) is 4.33. The van der Waals surface area contributed by atoms with E-state index in [1.165, 1.54) is 35.2 Å². The van der Waals surface area contributed by atoms with Gasteiger partial charge in [0, 0.05) is 24.0 Å². The second-order valence-electron chi connectivity index (χ2n) is 6.92. The minimum Gasteiger partial charge on any atom is -0.386 e. The molecule has 3 aromatic rings. The van der Waals surface area contributed by atoms with E-state index in [0.29, 0.717) is 16.8 Å². The first-order valence-electron chi connectivity index (χ1n) is 9.09. The number of aliphatic hydroxyl groups is 1. The Morgan fingerprint density at radius 1 is 1.17 bits per heavy atom. The topological polar surface area (TPSA) is 114 Å². The zero-order chi connectivity index (χ0) is 21.1. The second-order valence-corrected chi connectivity index (χ2v) is 6.92. The van der Waals surface area contributed by atoms with Crippen molar-refractivity contribution in [3.8, 4) is 5.69 Å². The first-order valence-corrected chi connectivity index (χ1v) is 9.09. The summed E-state index contributed by atoms with van der Waals surface area (Å²) >= 11 is 0. The predicted molar refractivity (Wildman–Crippen MR) is 111 cm³/mol. The van der Waals surface area contributed by atoms with Crippen LogP contribution in [-0.4, -0.2) is 32.6 Å². The highest BCUT2D eigenvalue weighted by Gasteiger charge is 2.13. The van der Waals surface area contributed by atoms with Crippen molar-refractivity contribution in [2.75, 3.05) is 6.54 Å². The molecule has 1 unspecified atom stereocenters. The Bertz CT molecular complexity index is 1130. The molecule has 0 saturated heterocycles. The van der Waals surface area contributed by atoms with Crippen LogP contribution in [0.1, 0.15) is 34.1 Å². The van der Waals surface area contributed by atoms with Gasteiger partial charge in [0.2, 0.25) is 0 Å². The van der Waals surface area contributed by atoms with Crippen LogP contribution in [0.4, 0.5) is 5.69 Å². The monoisotopic (exact) mass is 394 g/mol. The van der Waals surface area contributed by atoms with Crippen LogP contribution < -0.4 is 5.56 Å². The van der Waals surface area contributed by atoms with Crippen LogP contribution in [0.2, 0.25) is 0 Å².